The fraction of sp³-hybridized carbons (Fsp3) is 0. The van der Waals surface area contributed by atoms with E-state index in [1.807, 2.05) is 0 Å². The average Bonchev–Trinajstić information content (AvgIpc) is 3.96. The molecular weight excluding hydrogens is 859 g/mol. The van der Waals surface area contributed by atoms with E-state index in [4.69, 9.17) is 0 Å². The minimum Gasteiger partial charge on any atom is -0.309 e. The maximum absolute atomic E-state index is 2.43. The molecular formula is C68H45N3. The monoisotopic (exact) mass is 903 g/mol. The fourth-order valence-electron chi connectivity index (χ4n) is 11.3. The van der Waals surface area contributed by atoms with E-state index in [-0.39, 0.29) is 0 Å². The largest absolute Gasteiger partial charge is 0.309 e. The van der Waals surface area contributed by atoms with Crippen molar-refractivity contribution in [2.24, 2.45) is 0 Å². The van der Waals surface area contributed by atoms with Crippen LogP contribution in [0.25, 0.3) is 110 Å². The van der Waals surface area contributed by atoms with E-state index in [1.165, 1.54) is 70.7 Å². The number of hydrogen-bond acceptors (Lipinski definition) is 1. The molecule has 0 radical (unpaired) electrons. The Bertz CT molecular complexity index is 4050. The van der Waals surface area contributed by atoms with Crippen LogP contribution >= 0.6 is 0 Å². The third-order valence-corrected chi connectivity index (χ3v) is 14.4. The van der Waals surface area contributed by atoms with Gasteiger partial charge in [-0.3, -0.25) is 0 Å². The second kappa shape index (κ2) is 16.7. The first kappa shape index (κ1) is 40.6. The lowest BCUT2D eigenvalue weighted by Gasteiger charge is -2.29. The van der Waals surface area contributed by atoms with Crippen LogP contribution in [0.1, 0.15) is 0 Å². The Balaban J connectivity index is 1.06. The summed E-state index contributed by atoms with van der Waals surface area (Å²) in [5.74, 6) is 0. The van der Waals surface area contributed by atoms with Gasteiger partial charge in [0, 0.05) is 55.1 Å². The molecule has 0 bridgehead atoms. The Kier molecular flexibility index (Phi) is 9.53. The molecule has 14 aromatic rings. The highest BCUT2D eigenvalue weighted by atomic mass is 15.1. The molecule has 2 heterocycles. The predicted molar refractivity (Wildman–Crippen MR) is 301 cm³/mol. The number of anilines is 3. The lowest BCUT2D eigenvalue weighted by atomic mass is 9.87. The zero-order chi connectivity index (χ0) is 46.8. The number of rotatable bonds is 8. The third kappa shape index (κ3) is 6.66. The van der Waals surface area contributed by atoms with Gasteiger partial charge in [-0.15, -0.1) is 0 Å². The third-order valence-electron chi connectivity index (χ3n) is 14.4. The zero-order valence-electron chi connectivity index (χ0n) is 38.8. The summed E-state index contributed by atoms with van der Waals surface area (Å²) < 4.78 is 4.83. The molecule has 0 saturated carbocycles. The summed E-state index contributed by atoms with van der Waals surface area (Å²) in [6.45, 7) is 0. The Morgan fingerprint density at radius 1 is 0.225 bits per heavy atom. The molecule has 2 aromatic heterocycles. The Hall–Kier alpha value is -9.44. The van der Waals surface area contributed by atoms with Gasteiger partial charge in [-0.2, -0.15) is 0 Å². The molecule has 3 nitrogen and oxygen atoms in total. The number of benzene rings is 12. The first-order valence-electron chi connectivity index (χ1n) is 24.4. The van der Waals surface area contributed by atoms with Crippen molar-refractivity contribution in [3.05, 3.63) is 273 Å². The topological polar surface area (TPSA) is 13.1 Å². The first-order chi connectivity index (χ1) is 35.2. The van der Waals surface area contributed by atoms with Gasteiger partial charge in [0.2, 0.25) is 0 Å². The van der Waals surface area contributed by atoms with Gasteiger partial charge in [0.25, 0.3) is 0 Å². The summed E-state index contributed by atoms with van der Waals surface area (Å²) in [5, 5.41) is 9.71. The highest BCUT2D eigenvalue weighted by Gasteiger charge is 2.23. The molecule has 3 heteroatoms. The molecule has 0 aliphatic heterocycles. The minimum atomic E-state index is 1.11. The zero-order valence-corrected chi connectivity index (χ0v) is 38.8. The van der Waals surface area contributed by atoms with Crippen LogP contribution in [0.2, 0.25) is 0 Å². The van der Waals surface area contributed by atoms with Crippen molar-refractivity contribution in [1.82, 2.24) is 9.13 Å². The molecule has 0 saturated heterocycles. The van der Waals surface area contributed by atoms with Crippen molar-refractivity contribution in [2.75, 3.05) is 4.90 Å². The van der Waals surface area contributed by atoms with Crippen molar-refractivity contribution in [3.63, 3.8) is 0 Å². The molecule has 332 valence electrons. The molecule has 12 aromatic carbocycles. The van der Waals surface area contributed by atoms with Crippen molar-refractivity contribution < 1.29 is 0 Å². The number of fused-ring (bicyclic) bond motifs is 8. The van der Waals surface area contributed by atoms with Crippen LogP contribution in [0.3, 0.4) is 0 Å². The first-order valence-corrected chi connectivity index (χ1v) is 24.4. The van der Waals surface area contributed by atoms with Crippen molar-refractivity contribution in [2.45, 2.75) is 0 Å². The van der Waals surface area contributed by atoms with Crippen LogP contribution in [-0.2, 0) is 0 Å². The normalized spacial score (nSPS) is 11.7. The van der Waals surface area contributed by atoms with E-state index < -0.39 is 0 Å². The Labute approximate surface area is 412 Å². The van der Waals surface area contributed by atoms with Crippen molar-refractivity contribution >= 4 is 82.2 Å². The molecule has 0 amide bonds. The lowest BCUT2D eigenvalue weighted by molar-refractivity contribution is 1.18. The molecule has 0 unspecified atom stereocenters. The highest BCUT2D eigenvalue weighted by molar-refractivity contribution is 6.23. The fourth-order valence-corrected chi connectivity index (χ4v) is 11.3. The molecule has 0 atom stereocenters. The summed E-state index contributed by atoms with van der Waals surface area (Å²) in [5.41, 5.74) is 17.4. The standard InChI is InChI=1S/C68H45N3/c1-5-21-51(22-6-1)69(52-23-7-2-8-24-52)68-61-33-15-13-31-59(61)67(60-32-14-16-34-62(60)68)50-42-48(46-37-39-57-55-29-17-19-35-63(55)70(65(57)44-46)53-25-9-3-10-26-53)41-49(43-50)47-38-40-58-56-30-18-20-36-64(56)71(66(58)45-47)54-27-11-4-12-28-54/h1-45H. The summed E-state index contributed by atoms with van der Waals surface area (Å²) in [6, 6.07) is 100.0. The van der Waals surface area contributed by atoms with E-state index in [2.05, 4.69) is 287 Å². The van der Waals surface area contributed by atoms with Crippen LogP contribution in [0, 0.1) is 0 Å². The van der Waals surface area contributed by atoms with Crippen molar-refractivity contribution in [1.29, 1.82) is 0 Å². The number of aromatic nitrogens is 2. The lowest BCUT2D eigenvalue weighted by Crippen LogP contribution is -2.11. The maximum atomic E-state index is 2.43. The van der Waals surface area contributed by atoms with Gasteiger partial charge in [-0.25, -0.2) is 0 Å². The van der Waals surface area contributed by atoms with Crippen molar-refractivity contribution in [3.8, 4) is 44.8 Å². The minimum absolute atomic E-state index is 1.11. The molecule has 0 aliphatic rings. The van der Waals surface area contributed by atoms with Crippen LogP contribution in [-0.4, -0.2) is 9.13 Å². The van der Waals surface area contributed by atoms with Crippen LogP contribution in [0.4, 0.5) is 17.1 Å². The van der Waals surface area contributed by atoms with Gasteiger partial charge in [0.05, 0.1) is 27.8 Å². The summed E-state index contributed by atoms with van der Waals surface area (Å²) >= 11 is 0. The van der Waals surface area contributed by atoms with E-state index in [0.717, 1.165) is 56.3 Å². The summed E-state index contributed by atoms with van der Waals surface area (Å²) in [7, 11) is 0. The number of para-hydroxylation sites is 6. The Morgan fingerprint density at radius 3 is 1.00 bits per heavy atom. The van der Waals surface area contributed by atoms with E-state index >= 15 is 0 Å². The molecule has 0 N–H and O–H groups in total. The van der Waals surface area contributed by atoms with E-state index in [0.29, 0.717) is 0 Å². The SMILES string of the molecule is c1ccc(N(c2ccccc2)c2c3ccccc3c(-c3cc(-c4ccc5c6ccccc6n(-c6ccccc6)c5c4)cc(-c4ccc5c6ccccc6n(-c6ccccc6)c5c4)c3)c3ccccc23)cc1. The highest BCUT2D eigenvalue weighted by Crippen LogP contribution is 2.49. The Morgan fingerprint density at radius 2 is 0.563 bits per heavy atom. The van der Waals surface area contributed by atoms with Gasteiger partial charge >= 0.3 is 0 Å². The number of nitrogens with zero attached hydrogens (tertiary/aromatic N) is 3. The average molecular weight is 904 g/mol. The maximum Gasteiger partial charge on any atom is 0.0618 e. The van der Waals surface area contributed by atoms with Crippen LogP contribution < -0.4 is 4.90 Å². The molecule has 14 rings (SSSR count). The van der Waals surface area contributed by atoms with Gasteiger partial charge in [-0.1, -0.05) is 182 Å². The van der Waals surface area contributed by atoms with E-state index in [9.17, 15) is 0 Å². The molecule has 0 aliphatic carbocycles. The molecule has 0 fully saturated rings. The van der Waals surface area contributed by atoms with Gasteiger partial charge in [0.1, 0.15) is 0 Å². The van der Waals surface area contributed by atoms with Crippen LogP contribution in [0.15, 0.2) is 273 Å². The van der Waals surface area contributed by atoms with Crippen LogP contribution in [0.5, 0.6) is 0 Å². The number of hydrogen-bond donors (Lipinski definition) is 0. The second-order valence-electron chi connectivity index (χ2n) is 18.5. The predicted octanol–water partition coefficient (Wildman–Crippen LogP) is 18.7. The molecule has 0 spiro atoms. The van der Waals surface area contributed by atoms with E-state index in [1.54, 1.807) is 0 Å². The molecule has 71 heavy (non-hydrogen) atoms. The van der Waals surface area contributed by atoms with Gasteiger partial charge < -0.3 is 14.0 Å². The summed E-state index contributed by atoms with van der Waals surface area (Å²) in [6.07, 6.45) is 0. The summed E-state index contributed by atoms with van der Waals surface area (Å²) in [4.78, 5) is 2.43. The van der Waals surface area contributed by atoms with Gasteiger partial charge in [-0.05, 0) is 135 Å². The quantitative estimate of drug-likeness (QED) is 0.139. The van der Waals surface area contributed by atoms with Gasteiger partial charge in [0.15, 0.2) is 0 Å². The second-order valence-corrected chi connectivity index (χ2v) is 18.5. The smallest absolute Gasteiger partial charge is 0.0618 e.